The molecule has 3 rings (SSSR count). The number of thiocarbonyl (C=S) groups is 1. The molecule has 2 aromatic carbocycles. The molecule has 0 saturated carbocycles. The Morgan fingerprint density at radius 3 is 2.56 bits per heavy atom. The van der Waals surface area contributed by atoms with Crippen LogP contribution in [0.4, 0.5) is 5.69 Å². The van der Waals surface area contributed by atoms with E-state index in [4.69, 9.17) is 21.7 Å². The minimum atomic E-state index is -0.0937. The Morgan fingerprint density at radius 2 is 1.89 bits per heavy atom. The monoisotopic (exact) mass is 399 g/mol. The third-order valence-corrected chi connectivity index (χ3v) is 5.73. The number of anilines is 1. The number of methoxy groups -OCH3 is 2. The highest BCUT2D eigenvalue weighted by Gasteiger charge is 2.35. The molecule has 0 aromatic heterocycles. The summed E-state index contributed by atoms with van der Waals surface area (Å²) in [6.45, 7) is 4.08. The van der Waals surface area contributed by atoms with Gasteiger partial charge in [-0.1, -0.05) is 55.2 Å². The van der Waals surface area contributed by atoms with Crippen molar-refractivity contribution in [2.24, 2.45) is 0 Å². The predicted molar refractivity (Wildman–Crippen MR) is 116 cm³/mol. The highest BCUT2D eigenvalue weighted by molar-refractivity contribution is 8.27. The van der Waals surface area contributed by atoms with Crippen molar-refractivity contribution >= 4 is 46.0 Å². The lowest BCUT2D eigenvalue weighted by molar-refractivity contribution is -0.113. The summed E-state index contributed by atoms with van der Waals surface area (Å²) in [6, 6.07) is 11.6. The molecule has 1 amide bonds. The maximum absolute atomic E-state index is 13.1. The van der Waals surface area contributed by atoms with E-state index in [0.29, 0.717) is 20.7 Å². The van der Waals surface area contributed by atoms with Crippen molar-refractivity contribution < 1.29 is 14.3 Å². The lowest BCUT2D eigenvalue weighted by Gasteiger charge is -2.20. The number of ether oxygens (including phenoxy) is 2. The number of aryl methyl sites for hydroxylation is 2. The van der Waals surface area contributed by atoms with E-state index in [1.165, 1.54) is 11.8 Å². The van der Waals surface area contributed by atoms with E-state index >= 15 is 0 Å². The molecule has 0 N–H and O–H groups in total. The number of benzene rings is 2. The highest BCUT2D eigenvalue weighted by atomic mass is 32.2. The summed E-state index contributed by atoms with van der Waals surface area (Å²) in [5.74, 6) is 1.17. The summed E-state index contributed by atoms with van der Waals surface area (Å²) in [6.07, 6.45) is 2.67. The van der Waals surface area contributed by atoms with Crippen molar-refractivity contribution in [1.29, 1.82) is 0 Å². The molecule has 0 radical (unpaired) electrons. The molecule has 0 unspecified atom stereocenters. The molecule has 140 valence electrons. The molecule has 4 nitrogen and oxygen atoms in total. The van der Waals surface area contributed by atoms with Crippen LogP contribution in [-0.2, 0) is 11.2 Å². The maximum atomic E-state index is 13.1. The van der Waals surface area contributed by atoms with Crippen molar-refractivity contribution in [1.82, 2.24) is 0 Å². The number of carbonyl (C=O) groups is 1. The Morgan fingerprint density at radius 1 is 1.15 bits per heavy atom. The lowest BCUT2D eigenvalue weighted by atomic mass is 10.0. The van der Waals surface area contributed by atoms with Crippen molar-refractivity contribution in [2.45, 2.75) is 20.3 Å². The van der Waals surface area contributed by atoms with Crippen LogP contribution in [0.5, 0.6) is 11.5 Å². The number of rotatable bonds is 5. The number of amides is 1. The van der Waals surface area contributed by atoms with Crippen LogP contribution in [0.3, 0.4) is 0 Å². The van der Waals surface area contributed by atoms with E-state index in [0.717, 1.165) is 28.8 Å². The minimum absolute atomic E-state index is 0.0937. The van der Waals surface area contributed by atoms with Gasteiger partial charge in [0.2, 0.25) is 0 Å². The number of para-hydroxylation sites is 1. The number of carbonyl (C=O) groups excluding carboxylic acids is 1. The largest absolute Gasteiger partial charge is 0.493 e. The van der Waals surface area contributed by atoms with Crippen LogP contribution in [-0.4, -0.2) is 24.4 Å². The summed E-state index contributed by atoms with van der Waals surface area (Å²) in [7, 11) is 3.18. The number of hydrogen-bond donors (Lipinski definition) is 0. The summed E-state index contributed by atoms with van der Waals surface area (Å²) >= 11 is 6.85. The van der Waals surface area contributed by atoms with Gasteiger partial charge in [0, 0.05) is 0 Å². The van der Waals surface area contributed by atoms with Crippen molar-refractivity contribution in [3.8, 4) is 11.5 Å². The lowest BCUT2D eigenvalue weighted by Crippen LogP contribution is -2.29. The molecule has 0 atom stereocenters. The van der Waals surface area contributed by atoms with Crippen LogP contribution in [0.2, 0.25) is 0 Å². The second-order valence-electron chi connectivity index (χ2n) is 6.07. The van der Waals surface area contributed by atoms with Gasteiger partial charge in [0.05, 0.1) is 24.8 Å². The molecule has 27 heavy (non-hydrogen) atoms. The number of nitrogens with zero attached hydrogens (tertiary/aromatic N) is 1. The second-order valence-corrected chi connectivity index (χ2v) is 7.74. The normalized spacial score (nSPS) is 15.6. The van der Waals surface area contributed by atoms with Crippen molar-refractivity contribution in [3.63, 3.8) is 0 Å². The van der Waals surface area contributed by atoms with Gasteiger partial charge < -0.3 is 9.47 Å². The van der Waals surface area contributed by atoms with E-state index in [9.17, 15) is 4.79 Å². The first-order chi connectivity index (χ1) is 13.0. The molecular weight excluding hydrogens is 378 g/mol. The minimum Gasteiger partial charge on any atom is -0.493 e. The molecule has 2 aromatic rings. The number of thioether (sulfide) groups is 1. The topological polar surface area (TPSA) is 38.8 Å². The van der Waals surface area contributed by atoms with E-state index in [1.54, 1.807) is 19.1 Å². The molecule has 1 saturated heterocycles. The molecule has 0 bridgehead atoms. The van der Waals surface area contributed by atoms with E-state index in [-0.39, 0.29) is 5.91 Å². The van der Waals surface area contributed by atoms with Gasteiger partial charge in [0.1, 0.15) is 0 Å². The molecular formula is C21H21NO3S2. The Hall–Kier alpha value is -2.31. The average molecular weight is 400 g/mol. The van der Waals surface area contributed by atoms with Gasteiger partial charge >= 0.3 is 0 Å². The predicted octanol–water partition coefficient (Wildman–Crippen LogP) is 4.98. The summed E-state index contributed by atoms with van der Waals surface area (Å²) in [5.41, 5.74) is 3.91. The van der Waals surface area contributed by atoms with Crippen LogP contribution < -0.4 is 14.4 Å². The van der Waals surface area contributed by atoms with Gasteiger partial charge in [-0.3, -0.25) is 9.69 Å². The van der Waals surface area contributed by atoms with Crippen LogP contribution in [0.1, 0.15) is 23.6 Å². The van der Waals surface area contributed by atoms with Gasteiger partial charge in [0.25, 0.3) is 5.91 Å². The zero-order valence-electron chi connectivity index (χ0n) is 15.7. The Labute approximate surface area is 169 Å². The molecule has 6 heteroatoms. The maximum Gasteiger partial charge on any atom is 0.270 e. The Kier molecular flexibility index (Phi) is 5.87. The third-order valence-electron chi connectivity index (χ3n) is 4.42. The van der Waals surface area contributed by atoms with Gasteiger partial charge in [0.15, 0.2) is 15.8 Å². The van der Waals surface area contributed by atoms with E-state index in [2.05, 4.69) is 6.92 Å². The van der Waals surface area contributed by atoms with Crippen LogP contribution in [0, 0.1) is 6.92 Å². The third kappa shape index (κ3) is 3.73. The van der Waals surface area contributed by atoms with Crippen LogP contribution in [0.15, 0.2) is 41.3 Å². The first kappa shape index (κ1) is 19.5. The molecule has 0 spiro atoms. The fourth-order valence-electron chi connectivity index (χ4n) is 3.08. The number of hydrogen-bond acceptors (Lipinski definition) is 5. The fraction of sp³-hybridized carbons (Fsp3) is 0.238. The first-order valence-corrected chi connectivity index (χ1v) is 9.81. The van der Waals surface area contributed by atoms with Gasteiger partial charge in [-0.25, -0.2) is 0 Å². The molecule has 0 aliphatic carbocycles. The summed E-state index contributed by atoms with van der Waals surface area (Å²) in [4.78, 5) is 15.4. The second kappa shape index (κ2) is 8.15. The SMILES string of the molecule is CCc1cccc(C)c1N1C(=O)/C(=C/c2ccc(OC)c(OC)c2)SC1=S. The van der Waals surface area contributed by atoms with E-state index in [1.807, 2.05) is 49.4 Å². The molecule has 1 heterocycles. The summed E-state index contributed by atoms with van der Waals surface area (Å²) < 4.78 is 11.2. The van der Waals surface area contributed by atoms with Crippen molar-refractivity contribution in [2.75, 3.05) is 19.1 Å². The standard InChI is InChI=1S/C21H21NO3S2/c1-5-15-8-6-7-13(2)19(15)22-20(23)18(27-21(22)26)12-14-9-10-16(24-3)17(11-14)25-4/h6-12H,5H2,1-4H3/b18-12-. The smallest absolute Gasteiger partial charge is 0.270 e. The fourth-order valence-corrected chi connectivity index (χ4v) is 4.35. The molecule has 1 aliphatic rings. The molecule has 1 aliphatic heterocycles. The Balaban J connectivity index is 1.99. The molecule has 1 fully saturated rings. The summed E-state index contributed by atoms with van der Waals surface area (Å²) in [5, 5.41) is 0. The zero-order chi connectivity index (χ0) is 19.6. The van der Waals surface area contributed by atoms with Crippen LogP contribution >= 0.6 is 24.0 Å². The van der Waals surface area contributed by atoms with Gasteiger partial charge in [-0.05, 0) is 48.2 Å². The average Bonchev–Trinajstić information content (AvgIpc) is 2.94. The van der Waals surface area contributed by atoms with Gasteiger partial charge in [-0.2, -0.15) is 0 Å². The van der Waals surface area contributed by atoms with Gasteiger partial charge in [-0.15, -0.1) is 0 Å². The zero-order valence-corrected chi connectivity index (χ0v) is 17.4. The first-order valence-electron chi connectivity index (χ1n) is 8.58. The Bertz CT molecular complexity index is 937. The highest BCUT2D eigenvalue weighted by Crippen LogP contribution is 2.39. The quantitative estimate of drug-likeness (QED) is 0.524. The van der Waals surface area contributed by atoms with Crippen LogP contribution in [0.25, 0.3) is 6.08 Å². The van der Waals surface area contributed by atoms with Crippen molar-refractivity contribution in [3.05, 3.63) is 58.0 Å². The van der Waals surface area contributed by atoms with E-state index < -0.39 is 0 Å².